The molecule has 0 aliphatic rings. The van der Waals surface area contributed by atoms with Crippen LogP contribution in [-0.2, 0) is 13.1 Å². The molecular formula is C22H18BrCl2N5O. The van der Waals surface area contributed by atoms with E-state index in [9.17, 15) is 4.79 Å². The number of carbonyl (C=O) groups is 1. The van der Waals surface area contributed by atoms with Gasteiger partial charge in [-0.15, -0.1) is 0 Å². The van der Waals surface area contributed by atoms with Crippen LogP contribution in [-0.4, -0.2) is 25.5 Å². The van der Waals surface area contributed by atoms with Crippen LogP contribution >= 0.6 is 39.1 Å². The first-order valence-electron chi connectivity index (χ1n) is 9.44. The molecule has 0 radical (unpaired) electrons. The zero-order valence-electron chi connectivity index (χ0n) is 16.5. The predicted molar refractivity (Wildman–Crippen MR) is 126 cm³/mol. The second-order valence-corrected chi connectivity index (χ2v) is 8.83. The third kappa shape index (κ3) is 5.36. The molecule has 2 heterocycles. The van der Waals surface area contributed by atoms with Crippen molar-refractivity contribution in [2.24, 2.45) is 0 Å². The fraction of sp³-hybridized carbons (Fsp3) is 0.136. The summed E-state index contributed by atoms with van der Waals surface area (Å²) < 4.78 is 4.50. The number of rotatable bonds is 6. The molecule has 4 rings (SSSR count). The van der Waals surface area contributed by atoms with Crippen molar-refractivity contribution < 1.29 is 4.79 Å². The van der Waals surface area contributed by atoms with Crippen LogP contribution in [0.1, 0.15) is 27.2 Å². The molecule has 0 aliphatic carbocycles. The van der Waals surface area contributed by atoms with Gasteiger partial charge < -0.3 is 5.32 Å². The van der Waals surface area contributed by atoms with Gasteiger partial charge in [-0.05, 0) is 58.2 Å². The third-order valence-corrected chi connectivity index (χ3v) is 5.69. The topological polar surface area (TPSA) is 64.7 Å². The second-order valence-electron chi connectivity index (χ2n) is 7.07. The van der Waals surface area contributed by atoms with Crippen molar-refractivity contribution in [1.82, 2.24) is 19.6 Å². The molecular weight excluding hydrogens is 501 g/mol. The van der Waals surface area contributed by atoms with Crippen LogP contribution in [0.15, 0.2) is 65.4 Å². The average Bonchev–Trinajstić information content (AvgIpc) is 3.29. The summed E-state index contributed by atoms with van der Waals surface area (Å²) in [5.41, 5.74) is 3.33. The summed E-state index contributed by atoms with van der Waals surface area (Å²) in [4.78, 5) is 12.8. The molecule has 1 N–H and O–H groups in total. The lowest BCUT2D eigenvalue weighted by atomic mass is 10.1. The number of aryl methyl sites for hydroxylation is 1. The van der Waals surface area contributed by atoms with E-state index in [1.165, 1.54) is 0 Å². The summed E-state index contributed by atoms with van der Waals surface area (Å²) in [6.45, 7) is 2.98. The number of halogens is 3. The Morgan fingerprint density at radius 3 is 2.71 bits per heavy atom. The van der Waals surface area contributed by atoms with Gasteiger partial charge in [0.15, 0.2) is 5.82 Å². The van der Waals surface area contributed by atoms with Crippen LogP contribution in [0.2, 0.25) is 10.0 Å². The quantitative estimate of drug-likeness (QED) is 0.350. The van der Waals surface area contributed by atoms with Crippen LogP contribution < -0.4 is 5.32 Å². The van der Waals surface area contributed by atoms with Crippen molar-refractivity contribution in [3.63, 3.8) is 0 Å². The molecule has 0 atom stereocenters. The number of hydrogen-bond acceptors (Lipinski definition) is 3. The number of anilines is 1. The highest BCUT2D eigenvalue weighted by Crippen LogP contribution is 2.23. The van der Waals surface area contributed by atoms with Crippen LogP contribution in [0, 0.1) is 6.92 Å². The van der Waals surface area contributed by atoms with Gasteiger partial charge in [0.25, 0.3) is 5.91 Å². The molecule has 0 bridgehead atoms. The molecule has 0 aliphatic heterocycles. The molecule has 158 valence electrons. The molecule has 2 aromatic carbocycles. The Morgan fingerprint density at radius 1 is 1.13 bits per heavy atom. The molecule has 4 aromatic rings. The van der Waals surface area contributed by atoms with Crippen LogP contribution in [0.4, 0.5) is 5.82 Å². The van der Waals surface area contributed by atoms with E-state index in [1.54, 1.807) is 33.8 Å². The Hall–Kier alpha value is -2.61. The highest BCUT2D eigenvalue weighted by Gasteiger charge is 2.12. The molecule has 0 saturated carbocycles. The Labute approximate surface area is 197 Å². The standard InChI is InChI=1S/C22H18BrCl2N5O/c1-14-7-21(28-30(14)12-17-5-6-19(24)9-20(17)25)27-22(31)16-4-2-3-15(8-16)11-29-13-18(23)10-26-29/h2-10,13H,11-12H2,1H3,(H,27,28,31). The maximum atomic E-state index is 12.8. The fourth-order valence-electron chi connectivity index (χ4n) is 3.15. The lowest BCUT2D eigenvalue weighted by molar-refractivity contribution is 0.102. The second kappa shape index (κ2) is 9.26. The molecule has 6 nitrogen and oxygen atoms in total. The zero-order chi connectivity index (χ0) is 22.0. The number of amides is 1. The number of nitrogens with one attached hydrogen (secondary N) is 1. The summed E-state index contributed by atoms with van der Waals surface area (Å²) in [5, 5.41) is 12.8. The number of benzene rings is 2. The Morgan fingerprint density at radius 2 is 1.97 bits per heavy atom. The minimum absolute atomic E-state index is 0.224. The summed E-state index contributed by atoms with van der Waals surface area (Å²) in [6.07, 6.45) is 3.61. The highest BCUT2D eigenvalue weighted by molar-refractivity contribution is 9.10. The molecule has 9 heteroatoms. The van der Waals surface area contributed by atoms with E-state index in [1.807, 2.05) is 43.5 Å². The molecule has 1 amide bonds. The maximum absolute atomic E-state index is 12.8. The first-order chi connectivity index (χ1) is 14.9. The largest absolute Gasteiger partial charge is 0.305 e. The number of hydrogen-bond donors (Lipinski definition) is 1. The van der Waals surface area contributed by atoms with Gasteiger partial charge in [0, 0.05) is 33.6 Å². The first kappa shape index (κ1) is 21.6. The van der Waals surface area contributed by atoms with Gasteiger partial charge in [0.2, 0.25) is 0 Å². The highest BCUT2D eigenvalue weighted by atomic mass is 79.9. The van der Waals surface area contributed by atoms with E-state index in [0.29, 0.717) is 34.5 Å². The Kier molecular flexibility index (Phi) is 6.46. The van der Waals surface area contributed by atoms with E-state index in [4.69, 9.17) is 23.2 Å². The Bertz CT molecular complexity index is 1250. The Balaban J connectivity index is 1.46. The minimum Gasteiger partial charge on any atom is -0.305 e. The lowest BCUT2D eigenvalue weighted by Crippen LogP contribution is -2.13. The summed E-state index contributed by atoms with van der Waals surface area (Å²) in [7, 11) is 0. The van der Waals surface area contributed by atoms with Gasteiger partial charge in [-0.3, -0.25) is 14.2 Å². The number of nitrogens with zero attached hydrogens (tertiary/aromatic N) is 4. The zero-order valence-corrected chi connectivity index (χ0v) is 19.6. The lowest BCUT2D eigenvalue weighted by Gasteiger charge is -2.07. The van der Waals surface area contributed by atoms with Crippen molar-refractivity contribution in [3.05, 3.63) is 97.8 Å². The smallest absolute Gasteiger partial charge is 0.256 e. The summed E-state index contributed by atoms with van der Waals surface area (Å²) >= 11 is 15.6. The molecule has 2 aromatic heterocycles. The fourth-order valence-corrected chi connectivity index (χ4v) is 3.95. The molecule has 0 fully saturated rings. The molecule has 0 saturated heterocycles. The van der Waals surface area contributed by atoms with Crippen molar-refractivity contribution in [2.75, 3.05) is 5.32 Å². The van der Waals surface area contributed by atoms with E-state index in [-0.39, 0.29) is 5.91 Å². The molecule has 0 unspecified atom stereocenters. The van der Waals surface area contributed by atoms with Crippen LogP contribution in [0.5, 0.6) is 0 Å². The van der Waals surface area contributed by atoms with Crippen molar-refractivity contribution >= 4 is 50.9 Å². The minimum atomic E-state index is -0.224. The van der Waals surface area contributed by atoms with Gasteiger partial charge in [0.1, 0.15) is 0 Å². The van der Waals surface area contributed by atoms with Gasteiger partial charge in [-0.25, -0.2) is 0 Å². The molecule has 0 spiro atoms. The monoisotopic (exact) mass is 517 g/mol. The van der Waals surface area contributed by atoms with Gasteiger partial charge in [-0.1, -0.05) is 41.4 Å². The van der Waals surface area contributed by atoms with Crippen LogP contribution in [0.25, 0.3) is 0 Å². The molecule has 31 heavy (non-hydrogen) atoms. The van der Waals surface area contributed by atoms with Crippen molar-refractivity contribution in [2.45, 2.75) is 20.0 Å². The summed E-state index contributed by atoms with van der Waals surface area (Å²) in [6, 6.07) is 14.6. The van der Waals surface area contributed by atoms with Gasteiger partial charge in [0.05, 0.1) is 23.8 Å². The summed E-state index contributed by atoms with van der Waals surface area (Å²) in [5.74, 6) is 0.256. The SMILES string of the molecule is Cc1cc(NC(=O)c2cccc(Cn3cc(Br)cn3)c2)nn1Cc1ccc(Cl)cc1Cl. The predicted octanol–water partition coefficient (Wildman–Crippen LogP) is 5.81. The van der Waals surface area contributed by atoms with Gasteiger partial charge in [-0.2, -0.15) is 10.2 Å². The van der Waals surface area contributed by atoms with E-state index < -0.39 is 0 Å². The third-order valence-electron chi connectivity index (χ3n) is 4.69. The number of carbonyl (C=O) groups excluding carboxylic acids is 1. The van der Waals surface area contributed by atoms with E-state index in [2.05, 4.69) is 31.4 Å². The van der Waals surface area contributed by atoms with Crippen molar-refractivity contribution in [1.29, 1.82) is 0 Å². The maximum Gasteiger partial charge on any atom is 0.256 e. The van der Waals surface area contributed by atoms with Crippen molar-refractivity contribution in [3.8, 4) is 0 Å². The normalized spacial score (nSPS) is 11.0. The van der Waals surface area contributed by atoms with Crippen LogP contribution in [0.3, 0.4) is 0 Å². The average molecular weight is 519 g/mol. The van der Waals surface area contributed by atoms with E-state index in [0.717, 1.165) is 21.3 Å². The number of aromatic nitrogens is 4. The van der Waals surface area contributed by atoms with E-state index >= 15 is 0 Å². The van der Waals surface area contributed by atoms with Gasteiger partial charge >= 0.3 is 0 Å². The first-order valence-corrected chi connectivity index (χ1v) is 11.0.